The molecule has 0 saturated carbocycles. The van der Waals surface area contributed by atoms with Gasteiger partial charge in [0.2, 0.25) is 0 Å². The fraction of sp³-hybridized carbons (Fsp3) is 0.333. The Bertz CT molecular complexity index is 502. The minimum atomic E-state index is -0.692. The van der Waals surface area contributed by atoms with E-state index in [1.165, 1.54) is 11.1 Å². The Morgan fingerprint density at radius 1 is 0.952 bits per heavy atom. The van der Waals surface area contributed by atoms with Crippen molar-refractivity contribution in [1.29, 1.82) is 0 Å². The Kier molecular flexibility index (Phi) is 6.64. The lowest BCUT2D eigenvalue weighted by molar-refractivity contribution is 0.625. The average molecular weight is 301 g/mol. The molecule has 0 spiro atoms. The summed E-state index contributed by atoms with van der Waals surface area (Å²) < 4.78 is 11.1. The summed E-state index contributed by atoms with van der Waals surface area (Å²) >= 11 is 0. The van der Waals surface area contributed by atoms with E-state index in [9.17, 15) is 4.21 Å². The number of hydrogen-bond donors (Lipinski definition) is 1. The number of benzene rings is 2. The molecule has 1 atom stereocenters. The molecule has 0 aliphatic carbocycles. The summed E-state index contributed by atoms with van der Waals surface area (Å²) in [6.07, 6.45) is 2.72. The zero-order chi connectivity index (χ0) is 14.9. The van der Waals surface area contributed by atoms with Crippen LogP contribution in [0.25, 0.3) is 0 Å². The summed E-state index contributed by atoms with van der Waals surface area (Å²) in [7, 11) is -0.692. The first-order valence-electron chi connectivity index (χ1n) is 7.38. The van der Waals surface area contributed by atoms with Crippen molar-refractivity contribution in [3.8, 4) is 0 Å². The second kappa shape index (κ2) is 8.75. The maximum atomic E-state index is 11.1. The summed E-state index contributed by atoms with van der Waals surface area (Å²) in [6.45, 7) is 1.82. The van der Waals surface area contributed by atoms with Crippen molar-refractivity contribution in [3.05, 3.63) is 71.8 Å². The van der Waals surface area contributed by atoms with E-state index in [2.05, 4.69) is 66.0 Å². The van der Waals surface area contributed by atoms with Crippen molar-refractivity contribution >= 4 is 10.8 Å². The highest BCUT2D eigenvalue weighted by Crippen LogP contribution is 2.23. The van der Waals surface area contributed by atoms with Crippen LogP contribution in [0.1, 0.15) is 23.5 Å². The van der Waals surface area contributed by atoms with E-state index in [0.717, 1.165) is 25.3 Å². The molecule has 1 unspecified atom stereocenters. The molecule has 0 bridgehead atoms. The fourth-order valence-corrected chi connectivity index (χ4v) is 3.00. The third kappa shape index (κ3) is 5.44. The maximum Gasteiger partial charge on any atom is 0.0244 e. The minimum Gasteiger partial charge on any atom is -0.316 e. The van der Waals surface area contributed by atoms with E-state index in [-0.39, 0.29) is 0 Å². The van der Waals surface area contributed by atoms with Crippen LogP contribution in [-0.4, -0.2) is 29.3 Å². The van der Waals surface area contributed by atoms with E-state index in [1.54, 1.807) is 6.26 Å². The Morgan fingerprint density at radius 2 is 1.48 bits per heavy atom. The molecule has 0 amide bonds. The van der Waals surface area contributed by atoms with E-state index in [0.29, 0.717) is 5.92 Å². The Balaban J connectivity index is 1.99. The lowest BCUT2D eigenvalue weighted by atomic mass is 9.91. The third-order valence-corrected chi connectivity index (χ3v) is 4.40. The van der Waals surface area contributed by atoms with Crippen LogP contribution >= 0.6 is 0 Å². The third-order valence-electron chi connectivity index (χ3n) is 3.54. The zero-order valence-corrected chi connectivity index (χ0v) is 13.3. The lowest BCUT2D eigenvalue weighted by Crippen LogP contribution is -2.24. The SMILES string of the molecule is CS(=O)CCCNCC(c1ccccc1)c1ccccc1. The van der Waals surface area contributed by atoms with Gasteiger partial charge in [0.1, 0.15) is 0 Å². The highest BCUT2D eigenvalue weighted by molar-refractivity contribution is 7.84. The molecule has 0 saturated heterocycles. The van der Waals surface area contributed by atoms with Gasteiger partial charge in [0.25, 0.3) is 0 Å². The van der Waals surface area contributed by atoms with Crippen molar-refractivity contribution in [1.82, 2.24) is 5.32 Å². The van der Waals surface area contributed by atoms with E-state index in [1.807, 2.05) is 0 Å². The normalized spacial score (nSPS) is 12.5. The van der Waals surface area contributed by atoms with Crippen molar-refractivity contribution in [2.24, 2.45) is 0 Å². The van der Waals surface area contributed by atoms with Crippen molar-refractivity contribution < 1.29 is 4.21 Å². The maximum absolute atomic E-state index is 11.1. The molecule has 1 N–H and O–H groups in total. The molecule has 2 nitrogen and oxygen atoms in total. The van der Waals surface area contributed by atoms with Crippen LogP contribution in [0.4, 0.5) is 0 Å². The zero-order valence-electron chi connectivity index (χ0n) is 12.5. The molecule has 0 heterocycles. The molecular formula is C18H23NOS. The van der Waals surface area contributed by atoms with Crippen molar-refractivity contribution in [3.63, 3.8) is 0 Å². The molecule has 3 heteroatoms. The Morgan fingerprint density at radius 3 is 1.95 bits per heavy atom. The first-order chi connectivity index (χ1) is 10.3. The molecule has 112 valence electrons. The number of nitrogens with one attached hydrogen (secondary N) is 1. The standard InChI is InChI=1S/C18H23NOS/c1-21(20)14-8-13-19-15-18(16-9-4-2-5-10-16)17-11-6-3-7-12-17/h2-7,9-12,18-19H,8,13-15H2,1H3. The topological polar surface area (TPSA) is 29.1 Å². The van der Waals surface area contributed by atoms with Crippen molar-refractivity contribution in [2.45, 2.75) is 12.3 Å². The average Bonchev–Trinajstić information content (AvgIpc) is 2.52. The summed E-state index contributed by atoms with van der Waals surface area (Å²) in [4.78, 5) is 0. The molecular weight excluding hydrogens is 278 g/mol. The van der Waals surface area contributed by atoms with Gasteiger partial charge in [-0.05, 0) is 24.1 Å². The van der Waals surface area contributed by atoms with Crippen LogP contribution in [0.3, 0.4) is 0 Å². The smallest absolute Gasteiger partial charge is 0.0244 e. The van der Waals surface area contributed by atoms with Crippen molar-refractivity contribution in [2.75, 3.05) is 25.1 Å². The van der Waals surface area contributed by atoms with Gasteiger partial charge in [-0.1, -0.05) is 60.7 Å². The largest absolute Gasteiger partial charge is 0.316 e. The molecule has 2 aromatic rings. The predicted octanol–water partition coefficient (Wildman–Crippen LogP) is 3.18. The molecule has 21 heavy (non-hydrogen) atoms. The van der Waals surface area contributed by atoms with E-state index >= 15 is 0 Å². The van der Waals surface area contributed by atoms with Gasteiger partial charge in [-0.3, -0.25) is 4.21 Å². The second-order valence-corrected chi connectivity index (χ2v) is 6.76. The summed E-state index contributed by atoms with van der Waals surface area (Å²) in [5, 5.41) is 3.50. The van der Waals surface area contributed by atoms with Gasteiger partial charge in [0, 0.05) is 35.3 Å². The van der Waals surface area contributed by atoms with Crippen LogP contribution in [0.5, 0.6) is 0 Å². The van der Waals surface area contributed by atoms with E-state index in [4.69, 9.17) is 0 Å². The first-order valence-corrected chi connectivity index (χ1v) is 9.10. The lowest BCUT2D eigenvalue weighted by Gasteiger charge is -2.19. The van der Waals surface area contributed by atoms with Crippen LogP contribution in [0.15, 0.2) is 60.7 Å². The van der Waals surface area contributed by atoms with Gasteiger partial charge in [0.05, 0.1) is 0 Å². The Labute approximate surface area is 130 Å². The van der Waals surface area contributed by atoms with Crippen LogP contribution in [-0.2, 0) is 10.8 Å². The Hall–Kier alpha value is -1.45. The molecule has 2 aromatic carbocycles. The highest BCUT2D eigenvalue weighted by Gasteiger charge is 2.12. The molecule has 0 radical (unpaired) electrons. The van der Waals surface area contributed by atoms with Crippen LogP contribution in [0.2, 0.25) is 0 Å². The number of rotatable bonds is 8. The monoisotopic (exact) mass is 301 g/mol. The summed E-state index contributed by atoms with van der Waals surface area (Å²) in [5.74, 6) is 1.13. The molecule has 0 fully saturated rings. The van der Waals surface area contributed by atoms with Gasteiger partial charge < -0.3 is 5.32 Å². The minimum absolute atomic E-state index is 0.361. The summed E-state index contributed by atoms with van der Waals surface area (Å²) in [6, 6.07) is 21.2. The van der Waals surface area contributed by atoms with E-state index < -0.39 is 10.8 Å². The highest BCUT2D eigenvalue weighted by atomic mass is 32.2. The van der Waals surface area contributed by atoms with Gasteiger partial charge in [-0.25, -0.2) is 0 Å². The first kappa shape index (κ1) is 15.9. The van der Waals surface area contributed by atoms with Gasteiger partial charge >= 0.3 is 0 Å². The summed E-state index contributed by atoms with van der Waals surface area (Å²) in [5.41, 5.74) is 2.66. The van der Waals surface area contributed by atoms with Gasteiger partial charge in [-0.15, -0.1) is 0 Å². The fourth-order valence-electron chi connectivity index (χ4n) is 2.45. The quantitative estimate of drug-likeness (QED) is 0.759. The van der Waals surface area contributed by atoms with Crippen LogP contribution < -0.4 is 5.32 Å². The molecule has 0 aliphatic heterocycles. The predicted molar refractivity (Wildman–Crippen MR) is 91.1 cm³/mol. The molecule has 0 aliphatic rings. The second-order valence-electron chi connectivity index (χ2n) is 5.21. The molecule has 0 aromatic heterocycles. The van der Waals surface area contributed by atoms with Gasteiger partial charge in [0.15, 0.2) is 0 Å². The van der Waals surface area contributed by atoms with Gasteiger partial charge in [-0.2, -0.15) is 0 Å². The van der Waals surface area contributed by atoms with Crippen LogP contribution in [0, 0.1) is 0 Å². The number of hydrogen-bond acceptors (Lipinski definition) is 2. The molecule has 2 rings (SSSR count).